The van der Waals surface area contributed by atoms with Crippen LogP contribution in [0.5, 0.6) is 0 Å². The van der Waals surface area contributed by atoms with Gasteiger partial charge >= 0.3 is 0 Å². The Labute approximate surface area is 234 Å². The van der Waals surface area contributed by atoms with Gasteiger partial charge in [0.2, 0.25) is 0 Å². The number of carbonyl (C=O) groups excluding carboxylic acids is 3. The summed E-state index contributed by atoms with van der Waals surface area (Å²) in [5, 5.41) is 16.9. The molecule has 0 bridgehead atoms. The van der Waals surface area contributed by atoms with Crippen molar-refractivity contribution < 1.29 is 19.3 Å². The molecule has 8 nitrogen and oxygen atoms in total. The number of allylic oxidation sites excluding steroid dienone is 1. The Bertz CT molecular complexity index is 1600. The Kier molecular flexibility index (Phi) is 8.96. The molecule has 4 aromatic carbocycles. The van der Waals surface area contributed by atoms with Crippen molar-refractivity contribution in [3.8, 4) is 0 Å². The fourth-order valence-corrected chi connectivity index (χ4v) is 3.69. The molecule has 0 atom stereocenters. The van der Waals surface area contributed by atoms with Crippen LogP contribution in [0.4, 0.5) is 11.4 Å². The molecule has 0 saturated carbocycles. The van der Waals surface area contributed by atoms with Gasteiger partial charge in [-0.25, -0.2) is 0 Å². The number of nitro groups is 1. The number of carbonyl (C=O) groups is 3. The third-order valence-electron chi connectivity index (χ3n) is 5.67. The van der Waals surface area contributed by atoms with Crippen molar-refractivity contribution in [2.75, 3.05) is 5.32 Å². The second-order valence-electron chi connectivity index (χ2n) is 8.51. The minimum Gasteiger partial charge on any atom is -0.321 e. The fraction of sp³-hybridized carbons (Fsp3) is 0. The first-order valence-electron chi connectivity index (χ1n) is 12.0. The summed E-state index contributed by atoms with van der Waals surface area (Å²) in [4.78, 5) is 48.9. The topological polar surface area (TPSA) is 118 Å². The van der Waals surface area contributed by atoms with Crippen molar-refractivity contribution in [1.29, 1.82) is 0 Å². The Balaban J connectivity index is 1.50. The molecule has 0 fully saturated rings. The van der Waals surface area contributed by atoms with E-state index in [-0.39, 0.29) is 17.2 Å². The van der Waals surface area contributed by atoms with E-state index in [1.807, 2.05) is 0 Å². The highest BCUT2D eigenvalue weighted by molar-refractivity contribution is 6.30. The Morgan fingerprint density at radius 3 is 2.00 bits per heavy atom. The number of nitrogens with one attached hydrogen (secondary N) is 2. The van der Waals surface area contributed by atoms with Gasteiger partial charge in [0, 0.05) is 34.0 Å². The molecule has 40 heavy (non-hydrogen) atoms. The van der Waals surface area contributed by atoms with Gasteiger partial charge in [0.1, 0.15) is 5.70 Å². The van der Waals surface area contributed by atoms with Crippen LogP contribution < -0.4 is 10.6 Å². The molecule has 198 valence electrons. The van der Waals surface area contributed by atoms with Gasteiger partial charge in [0.15, 0.2) is 5.78 Å². The molecule has 0 aliphatic rings. The molecule has 0 unspecified atom stereocenters. The molecule has 9 heteroatoms. The summed E-state index contributed by atoms with van der Waals surface area (Å²) in [6.07, 6.45) is 4.54. The smallest absolute Gasteiger partial charge is 0.272 e. The van der Waals surface area contributed by atoms with Crippen molar-refractivity contribution in [3.63, 3.8) is 0 Å². The second-order valence-corrected chi connectivity index (χ2v) is 8.94. The summed E-state index contributed by atoms with van der Waals surface area (Å²) >= 11 is 5.88. The zero-order valence-corrected chi connectivity index (χ0v) is 21.7. The average Bonchev–Trinajstić information content (AvgIpc) is 2.97. The van der Waals surface area contributed by atoms with E-state index in [4.69, 9.17) is 11.6 Å². The minimum absolute atomic E-state index is 0.0752. The Morgan fingerprint density at radius 2 is 1.38 bits per heavy atom. The number of anilines is 1. The zero-order chi connectivity index (χ0) is 28.5. The highest BCUT2D eigenvalue weighted by Crippen LogP contribution is 2.17. The first kappa shape index (κ1) is 27.7. The number of halogens is 1. The van der Waals surface area contributed by atoms with Gasteiger partial charge in [-0.05, 0) is 83.9 Å². The first-order valence-corrected chi connectivity index (χ1v) is 12.4. The van der Waals surface area contributed by atoms with E-state index in [1.165, 1.54) is 36.4 Å². The minimum atomic E-state index is -0.621. The lowest BCUT2D eigenvalue weighted by molar-refractivity contribution is -0.384. The largest absolute Gasteiger partial charge is 0.321 e. The van der Waals surface area contributed by atoms with Crippen molar-refractivity contribution in [2.45, 2.75) is 0 Å². The van der Waals surface area contributed by atoms with E-state index in [0.29, 0.717) is 27.4 Å². The van der Waals surface area contributed by atoms with Crippen LogP contribution in [0, 0.1) is 10.1 Å². The normalized spacial score (nSPS) is 11.2. The highest BCUT2D eigenvalue weighted by atomic mass is 35.5. The van der Waals surface area contributed by atoms with Crippen LogP contribution in [0.25, 0.3) is 12.2 Å². The lowest BCUT2D eigenvalue weighted by Crippen LogP contribution is -2.30. The number of ketones is 1. The van der Waals surface area contributed by atoms with Crippen molar-refractivity contribution in [1.82, 2.24) is 5.32 Å². The van der Waals surface area contributed by atoms with Crippen LogP contribution >= 0.6 is 11.6 Å². The van der Waals surface area contributed by atoms with Crippen LogP contribution in [0.3, 0.4) is 0 Å². The molecule has 0 spiro atoms. The summed E-state index contributed by atoms with van der Waals surface area (Å²) < 4.78 is 0. The molecule has 0 aromatic heterocycles. The molecular formula is C31H22ClN3O5. The summed E-state index contributed by atoms with van der Waals surface area (Å²) in [6.45, 7) is 0. The maximum atomic E-state index is 13.2. The number of non-ortho nitro benzene ring substituents is 1. The molecule has 4 rings (SSSR count). The number of rotatable bonds is 9. The van der Waals surface area contributed by atoms with Gasteiger partial charge in [-0.15, -0.1) is 0 Å². The Hall–Kier alpha value is -5.34. The van der Waals surface area contributed by atoms with Crippen LogP contribution in [0.1, 0.15) is 31.8 Å². The number of benzene rings is 4. The predicted octanol–water partition coefficient (Wildman–Crippen LogP) is 6.55. The summed E-state index contributed by atoms with van der Waals surface area (Å²) in [6, 6.07) is 27.3. The molecule has 0 aliphatic heterocycles. The molecule has 4 aromatic rings. The summed E-state index contributed by atoms with van der Waals surface area (Å²) in [5.41, 5.74) is 2.28. The standard InChI is InChI=1S/C31H22ClN3O5/c32-25-13-6-21(7-14-25)10-19-29(36)23-11-15-26(16-12-23)33-31(38)28(34-30(37)24-4-2-1-3-5-24)20-22-8-17-27(18-9-22)35(39)40/h1-20H,(H,33,38)(H,34,37)/b19-10+,28-20-. The van der Waals surface area contributed by atoms with Crippen LogP contribution in [-0.2, 0) is 4.79 Å². The van der Waals surface area contributed by atoms with E-state index < -0.39 is 16.7 Å². The highest BCUT2D eigenvalue weighted by Gasteiger charge is 2.16. The van der Waals surface area contributed by atoms with E-state index in [1.54, 1.807) is 84.9 Å². The summed E-state index contributed by atoms with van der Waals surface area (Å²) in [7, 11) is 0. The molecule has 0 saturated heterocycles. The molecule has 2 N–H and O–H groups in total. The lowest BCUT2D eigenvalue weighted by atomic mass is 10.1. The SMILES string of the molecule is O=C(Nc1ccc(C(=O)/C=C/c2ccc(Cl)cc2)cc1)/C(=C/c1ccc([N+](=O)[O-])cc1)NC(=O)c1ccccc1. The van der Waals surface area contributed by atoms with Crippen LogP contribution in [0.2, 0.25) is 5.02 Å². The molecular weight excluding hydrogens is 530 g/mol. The summed E-state index contributed by atoms with van der Waals surface area (Å²) in [5.74, 6) is -1.34. The van der Waals surface area contributed by atoms with Gasteiger partial charge in [0.25, 0.3) is 17.5 Å². The van der Waals surface area contributed by atoms with Gasteiger partial charge < -0.3 is 10.6 Å². The van der Waals surface area contributed by atoms with Gasteiger partial charge in [0.05, 0.1) is 4.92 Å². The number of hydrogen-bond donors (Lipinski definition) is 2. The fourth-order valence-electron chi connectivity index (χ4n) is 3.56. The zero-order valence-electron chi connectivity index (χ0n) is 20.9. The van der Waals surface area contributed by atoms with Crippen molar-refractivity contribution in [3.05, 3.63) is 152 Å². The third kappa shape index (κ3) is 7.59. The van der Waals surface area contributed by atoms with Crippen LogP contribution in [-0.4, -0.2) is 22.5 Å². The maximum Gasteiger partial charge on any atom is 0.272 e. The second kappa shape index (κ2) is 12.9. The van der Waals surface area contributed by atoms with Gasteiger partial charge in [-0.3, -0.25) is 24.5 Å². The Morgan fingerprint density at radius 1 is 0.750 bits per heavy atom. The maximum absolute atomic E-state index is 13.2. The van der Waals surface area contributed by atoms with Crippen LogP contribution in [0.15, 0.2) is 115 Å². The third-order valence-corrected chi connectivity index (χ3v) is 5.92. The molecule has 2 amide bonds. The molecule has 0 aliphatic carbocycles. The van der Waals surface area contributed by atoms with Gasteiger partial charge in [-0.1, -0.05) is 48.0 Å². The predicted molar refractivity (Wildman–Crippen MR) is 155 cm³/mol. The van der Waals surface area contributed by atoms with Crippen molar-refractivity contribution >= 4 is 52.7 Å². The van der Waals surface area contributed by atoms with Gasteiger partial charge in [-0.2, -0.15) is 0 Å². The number of amides is 2. The van der Waals surface area contributed by atoms with Crippen molar-refractivity contribution in [2.24, 2.45) is 0 Å². The van der Waals surface area contributed by atoms with E-state index >= 15 is 0 Å². The number of nitro benzene ring substituents is 1. The van der Waals surface area contributed by atoms with E-state index in [9.17, 15) is 24.5 Å². The quantitative estimate of drug-likeness (QED) is 0.106. The molecule has 0 radical (unpaired) electrons. The van der Waals surface area contributed by atoms with E-state index in [2.05, 4.69) is 10.6 Å². The molecule has 0 heterocycles. The lowest BCUT2D eigenvalue weighted by Gasteiger charge is -2.12. The first-order chi connectivity index (χ1) is 19.3. The monoisotopic (exact) mass is 551 g/mol. The number of nitrogens with zero attached hydrogens (tertiary/aromatic N) is 1. The van der Waals surface area contributed by atoms with E-state index in [0.717, 1.165) is 5.56 Å². The number of hydrogen-bond acceptors (Lipinski definition) is 5. The average molecular weight is 552 g/mol.